The van der Waals surface area contributed by atoms with E-state index < -0.39 is 0 Å². The van der Waals surface area contributed by atoms with Crippen LogP contribution in [0.15, 0.2) is 0 Å². The molecule has 0 aromatic rings. The minimum atomic E-state index is -0.319. The Balaban J connectivity index is 2.21. The normalized spacial score (nSPS) is 19.3. The number of unbranched alkanes of at least 4 members (excludes halogenated alkanes) is 3. The topological polar surface area (TPSA) is 42.3 Å². The van der Waals surface area contributed by atoms with Gasteiger partial charge in [-0.3, -0.25) is 5.32 Å². The first-order valence-corrected chi connectivity index (χ1v) is 8.84. The van der Waals surface area contributed by atoms with Gasteiger partial charge in [0.2, 0.25) is 0 Å². The van der Waals surface area contributed by atoms with Crippen LogP contribution < -0.4 is 5.32 Å². The SMILES string of the molecule is CN(C)CCCCCCN1CCC(C#N)(NC(C)(C)C)CC1. The molecule has 1 N–H and O–H groups in total. The van der Waals surface area contributed by atoms with E-state index in [2.05, 4.69) is 56.1 Å². The van der Waals surface area contributed by atoms with E-state index >= 15 is 0 Å². The average molecular weight is 309 g/mol. The Morgan fingerprint density at radius 1 is 1.09 bits per heavy atom. The molecule has 0 saturated carbocycles. The minimum absolute atomic E-state index is 0.00430. The summed E-state index contributed by atoms with van der Waals surface area (Å²) in [7, 11) is 4.28. The van der Waals surface area contributed by atoms with Gasteiger partial charge in [0, 0.05) is 18.6 Å². The molecular weight excluding hydrogens is 272 g/mol. The second-order valence-electron chi connectivity index (χ2n) is 8.13. The molecule has 0 aromatic heterocycles. The van der Waals surface area contributed by atoms with Crippen molar-refractivity contribution in [3.05, 3.63) is 0 Å². The average Bonchev–Trinajstić information content (AvgIpc) is 2.42. The van der Waals surface area contributed by atoms with Gasteiger partial charge < -0.3 is 9.80 Å². The Labute approximate surface area is 137 Å². The Morgan fingerprint density at radius 3 is 2.18 bits per heavy atom. The molecule has 22 heavy (non-hydrogen) atoms. The Hall–Kier alpha value is -0.630. The molecule has 128 valence electrons. The van der Waals surface area contributed by atoms with Crippen LogP contribution in [0.5, 0.6) is 0 Å². The van der Waals surface area contributed by atoms with Crippen LogP contribution >= 0.6 is 0 Å². The fourth-order valence-electron chi connectivity index (χ4n) is 3.26. The molecule has 0 radical (unpaired) electrons. The predicted octanol–water partition coefficient (Wildman–Crippen LogP) is 2.85. The van der Waals surface area contributed by atoms with E-state index in [0.29, 0.717) is 0 Å². The van der Waals surface area contributed by atoms with Crippen LogP contribution in [-0.2, 0) is 0 Å². The maximum Gasteiger partial charge on any atom is 0.109 e. The molecule has 0 amide bonds. The third-order valence-corrected chi connectivity index (χ3v) is 4.37. The van der Waals surface area contributed by atoms with Crippen molar-refractivity contribution in [1.29, 1.82) is 5.26 Å². The number of hydrogen-bond donors (Lipinski definition) is 1. The maximum atomic E-state index is 9.57. The van der Waals surface area contributed by atoms with Gasteiger partial charge in [0.1, 0.15) is 5.54 Å². The van der Waals surface area contributed by atoms with E-state index in [4.69, 9.17) is 0 Å². The zero-order valence-electron chi connectivity index (χ0n) is 15.4. The van der Waals surface area contributed by atoms with E-state index in [1.807, 2.05) is 0 Å². The highest BCUT2D eigenvalue weighted by atomic mass is 15.2. The molecule has 0 unspecified atom stereocenters. The molecular formula is C18H36N4. The number of nitriles is 1. The van der Waals surface area contributed by atoms with Crippen LogP contribution in [0.1, 0.15) is 59.3 Å². The van der Waals surface area contributed by atoms with Crippen LogP contribution in [0.2, 0.25) is 0 Å². The number of nitrogens with one attached hydrogen (secondary N) is 1. The summed E-state index contributed by atoms with van der Waals surface area (Å²) in [6, 6.07) is 2.55. The van der Waals surface area contributed by atoms with Gasteiger partial charge in [0.15, 0.2) is 0 Å². The van der Waals surface area contributed by atoms with E-state index in [-0.39, 0.29) is 11.1 Å². The number of nitrogens with zero attached hydrogens (tertiary/aromatic N) is 3. The lowest BCUT2D eigenvalue weighted by Crippen LogP contribution is -2.58. The van der Waals surface area contributed by atoms with Gasteiger partial charge >= 0.3 is 0 Å². The number of piperidine rings is 1. The number of rotatable bonds is 8. The van der Waals surface area contributed by atoms with Crippen LogP contribution in [0.4, 0.5) is 0 Å². The fraction of sp³-hybridized carbons (Fsp3) is 0.944. The van der Waals surface area contributed by atoms with Crippen molar-refractivity contribution in [2.24, 2.45) is 0 Å². The molecule has 0 aliphatic carbocycles. The minimum Gasteiger partial charge on any atom is -0.309 e. The quantitative estimate of drug-likeness (QED) is 0.700. The molecule has 0 atom stereocenters. The molecule has 0 aromatic carbocycles. The highest BCUT2D eigenvalue weighted by Crippen LogP contribution is 2.24. The summed E-state index contributed by atoms with van der Waals surface area (Å²) in [6.45, 7) is 10.9. The third kappa shape index (κ3) is 7.58. The lowest BCUT2D eigenvalue weighted by molar-refractivity contribution is 0.144. The molecule has 0 bridgehead atoms. The highest BCUT2D eigenvalue weighted by molar-refractivity contribution is 5.11. The predicted molar refractivity (Wildman–Crippen MR) is 93.9 cm³/mol. The summed E-state index contributed by atoms with van der Waals surface area (Å²) in [6.07, 6.45) is 7.15. The van der Waals surface area contributed by atoms with Gasteiger partial charge in [0.05, 0.1) is 6.07 Å². The summed E-state index contributed by atoms with van der Waals surface area (Å²) < 4.78 is 0. The van der Waals surface area contributed by atoms with Crippen LogP contribution in [0.3, 0.4) is 0 Å². The van der Waals surface area contributed by atoms with Gasteiger partial charge in [-0.1, -0.05) is 12.8 Å². The Bertz CT molecular complexity index is 343. The number of hydrogen-bond acceptors (Lipinski definition) is 4. The van der Waals surface area contributed by atoms with Crippen molar-refractivity contribution < 1.29 is 0 Å². The first-order valence-electron chi connectivity index (χ1n) is 8.84. The van der Waals surface area contributed by atoms with Gasteiger partial charge in [-0.25, -0.2) is 0 Å². The summed E-state index contributed by atoms with van der Waals surface area (Å²) in [5.41, 5.74) is -0.315. The summed E-state index contributed by atoms with van der Waals surface area (Å²) in [5, 5.41) is 13.1. The first-order chi connectivity index (χ1) is 10.3. The highest BCUT2D eigenvalue weighted by Gasteiger charge is 2.37. The standard InChI is InChI=1S/C18H36N4/c1-17(2,3)20-18(16-19)10-14-22(15-11-18)13-9-7-6-8-12-21(4)5/h20H,6-15H2,1-5H3. The Kier molecular flexibility index (Phi) is 7.82. The fourth-order valence-corrected chi connectivity index (χ4v) is 3.26. The second-order valence-corrected chi connectivity index (χ2v) is 8.13. The van der Waals surface area contributed by atoms with Crippen molar-refractivity contribution in [2.45, 2.75) is 70.4 Å². The molecule has 1 heterocycles. The van der Waals surface area contributed by atoms with Crippen LogP contribution in [-0.4, -0.2) is 61.2 Å². The summed E-state index contributed by atoms with van der Waals surface area (Å²) >= 11 is 0. The molecule has 1 aliphatic rings. The Morgan fingerprint density at radius 2 is 1.68 bits per heavy atom. The third-order valence-electron chi connectivity index (χ3n) is 4.37. The number of likely N-dealkylation sites (tertiary alicyclic amines) is 1. The molecule has 1 rings (SSSR count). The molecule has 0 spiro atoms. The maximum absolute atomic E-state index is 9.57. The van der Waals surface area contributed by atoms with Gasteiger partial charge in [-0.2, -0.15) is 5.26 Å². The zero-order valence-corrected chi connectivity index (χ0v) is 15.4. The van der Waals surface area contributed by atoms with Crippen molar-refractivity contribution in [1.82, 2.24) is 15.1 Å². The summed E-state index contributed by atoms with van der Waals surface area (Å²) in [4.78, 5) is 4.79. The van der Waals surface area contributed by atoms with Crippen molar-refractivity contribution in [3.63, 3.8) is 0 Å². The molecule has 1 saturated heterocycles. The summed E-state index contributed by atoms with van der Waals surface area (Å²) in [5.74, 6) is 0. The van der Waals surface area contributed by atoms with E-state index in [1.54, 1.807) is 0 Å². The molecule has 4 heteroatoms. The van der Waals surface area contributed by atoms with Crippen molar-refractivity contribution in [3.8, 4) is 6.07 Å². The van der Waals surface area contributed by atoms with Crippen molar-refractivity contribution in [2.75, 3.05) is 40.3 Å². The van der Waals surface area contributed by atoms with E-state index in [1.165, 1.54) is 38.8 Å². The zero-order chi connectivity index (χ0) is 16.6. The van der Waals surface area contributed by atoms with Crippen molar-refractivity contribution >= 4 is 0 Å². The lowest BCUT2D eigenvalue weighted by Gasteiger charge is -2.41. The largest absolute Gasteiger partial charge is 0.309 e. The monoisotopic (exact) mass is 308 g/mol. The van der Waals surface area contributed by atoms with E-state index in [9.17, 15) is 5.26 Å². The molecule has 4 nitrogen and oxygen atoms in total. The first kappa shape index (κ1) is 19.4. The van der Waals surface area contributed by atoms with Gasteiger partial charge in [0.25, 0.3) is 0 Å². The smallest absolute Gasteiger partial charge is 0.109 e. The van der Waals surface area contributed by atoms with Gasteiger partial charge in [-0.15, -0.1) is 0 Å². The lowest BCUT2D eigenvalue weighted by atomic mass is 9.86. The molecule has 1 fully saturated rings. The molecule has 1 aliphatic heterocycles. The van der Waals surface area contributed by atoms with E-state index in [0.717, 1.165) is 25.9 Å². The second kappa shape index (κ2) is 8.86. The van der Waals surface area contributed by atoms with Crippen LogP contribution in [0.25, 0.3) is 0 Å². The van der Waals surface area contributed by atoms with Gasteiger partial charge in [-0.05, 0) is 73.6 Å². The van der Waals surface area contributed by atoms with Crippen LogP contribution in [0, 0.1) is 11.3 Å².